The van der Waals surface area contributed by atoms with Gasteiger partial charge in [0.15, 0.2) is 6.54 Å². The van der Waals surface area contributed by atoms with Gasteiger partial charge in [-0.15, -0.1) is 0 Å². The van der Waals surface area contributed by atoms with E-state index in [1.807, 2.05) is 0 Å². The molecule has 1 aromatic carbocycles. The van der Waals surface area contributed by atoms with E-state index in [2.05, 4.69) is 5.32 Å². The summed E-state index contributed by atoms with van der Waals surface area (Å²) in [6.07, 6.45) is 0. The van der Waals surface area contributed by atoms with E-state index in [0.717, 1.165) is 13.1 Å². The Labute approximate surface area is 116 Å². The van der Waals surface area contributed by atoms with Gasteiger partial charge in [0.1, 0.15) is 13.1 Å². The second-order valence-electron chi connectivity index (χ2n) is 4.21. The zero-order chi connectivity index (χ0) is 13.0. The number of ether oxygens (including phenoxy) is 1. The van der Waals surface area contributed by atoms with Crippen LogP contribution in [0, 0.1) is 0 Å². The molecule has 98 valence electrons. The standard InChI is InChI=1S/C12H14Cl2N2O2/c13-9-1-2-10(14)11(7-9)15-12(17)8-16-3-5-18-6-4-16/h1-2,7H,3-6,8H2,(H,15,17)/p+1. The van der Waals surface area contributed by atoms with Crippen molar-refractivity contribution in [2.75, 3.05) is 38.2 Å². The molecule has 6 heteroatoms. The van der Waals surface area contributed by atoms with Gasteiger partial charge in [0, 0.05) is 5.02 Å². The molecule has 0 aliphatic carbocycles. The van der Waals surface area contributed by atoms with Crippen molar-refractivity contribution in [3.05, 3.63) is 28.2 Å². The monoisotopic (exact) mass is 289 g/mol. The van der Waals surface area contributed by atoms with Crippen molar-refractivity contribution in [3.8, 4) is 0 Å². The average molecular weight is 290 g/mol. The third kappa shape index (κ3) is 3.85. The number of quaternary nitrogens is 1. The van der Waals surface area contributed by atoms with Crippen molar-refractivity contribution in [3.63, 3.8) is 0 Å². The third-order valence-electron chi connectivity index (χ3n) is 2.81. The highest BCUT2D eigenvalue weighted by Gasteiger charge is 2.18. The smallest absolute Gasteiger partial charge is 0.279 e. The average Bonchev–Trinajstić information content (AvgIpc) is 2.35. The molecule has 0 unspecified atom stereocenters. The molecule has 1 aliphatic rings. The van der Waals surface area contributed by atoms with Crippen molar-refractivity contribution >= 4 is 34.8 Å². The number of rotatable bonds is 3. The van der Waals surface area contributed by atoms with Crippen molar-refractivity contribution in [1.29, 1.82) is 0 Å². The molecule has 0 aromatic heterocycles. The minimum Gasteiger partial charge on any atom is -0.370 e. The van der Waals surface area contributed by atoms with E-state index in [0.29, 0.717) is 35.5 Å². The van der Waals surface area contributed by atoms with E-state index >= 15 is 0 Å². The molecule has 1 heterocycles. The maximum Gasteiger partial charge on any atom is 0.279 e. The lowest BCUT2D eigenvalue weighted by atomic mass is 10.3. The molecule has 1 fully saturated rings. The van der Waals surface area contributed by atoms with Crippen LogP contribution < -0.4 is 10.2 Å². The van der Waals surface area contributed by atoms with Crippen LogP contribution in [0.4, 0.5) is 5.69 Å². The molecule has 18 heavy (non-hydrogen) atoms. The number of nitrogens with one attached hydrogen (secondary N) is 2. The lowest BCUT2D eigenvalue weighted by molar-refractivity contribution is -0.899. The fourth-order valence-corrected chi connectivity index (χ4v) is 2.19. The van der Waals surface area contributed by atoms with Crippen LogP contribution in [-0.4, -0.2) is 38.8 Å². The molecule has 0 spiro atoms. The molecule has 2 N–H and O–H groups in total. The molecule has 1 saturated heterocycles. The Bertz CT molecular complexity index is 434. The quantitative estimate of drug-likeness (QED) is 0.866. The topological polar surface area (TPSA) is 42.8 Å². The first kappa shape index (κ1) is 13.6. The minimum absolute atomic E-state index is 0.0592. The van der Waals surface area contributed by atoms with Crippen molar-refractivity contribution in [1.82, 2.24) is 0 Å². The highest BCUT2D eigenvalue weighted by Crippen LogP contribution is 2.25. The van der Waals surface area contributed by atoms with Gasteiger partial charge >= 0.3 is 0 Å². The summed E-state index contributed by atoms with van der Waals surface area (Å²) in [6.45, 7) is 3.56. The van der Waals surface area contributed by atoms with Gasteiger partial charge in [-0.1, -0.05) is 23.2 Å². The lowest BCUT2D eigenvalue weighted by Crippen LogP contribution is -3.15. The zero-order valence-electron chi connectivity index (χ0n) is 9.84. The maximum absolute atomic E-state index is 11.9. The van der Waals surface area contributed by atoms with Crippen LogP contribution in [0.5, 0.6) is 0 Å². The number of hydrogen-bond acceptors (Lipinski definition) is 2. The summed E-state index contributed by atoms with van der Waals surface area (Å²) in [5.41, 5.74) is 0.557. The molecule has 0 radical (unpaired) electrons. The number of anilines is 1. The number of carbonyl (C=O) groups is 1. The van der Waals surface area contributed by atoms with E-state index in [4.69, 9.17) is 27.9 Å². The SMILES string of the molecule is O=C(C[NH+]1CCOCC1)Nc1cc(Cl)ccc1Cl. The lowest BCUT2D eigenvalue weighted by Gasteiger charge is -2.23. The number of halogens is 2. The van der Waals surface area contributed by atoms with Gasteiger partial charge in [-0.3, -0.25) is 4.79 Å². The first-order valence-corrected chi connectivity index (χ1v) is 6.57. The summed E-state index contributed by atoms with van der Waals surface area (Å²) < 4.78 is 5.24. The first-order valence-electron chi connectivity index (χ1n) is 5.81. The largest absolute Gasteiger partial charge is 0.370 e. The molecule has 4 nitrogen and oxygen atoms in total. The van der Waals surface area contributed by atoms with E-state index in [-0.39, 0.29) is 5.91 Å². The Hall–Kier alpha value is -0.810. The number of morpholine rings is 1. The number of amides is 1. The van der Waals surface area contributed by atoms with E-state index in [1.165, 1.54) is 4.90 Å². The minimum atomic E-state index is -0.0592. The predicted molar refractivity (Wildman–Crippen MR) is 71.5 cm³/mol. The van der Waals surface area contributed by atoms with Gasteiger partial charge in [0.2, 0.25) is 0 Å². The van der Waals surface area contributed by atoms with Crippen LogP contribution in [0.1, 0.15) is 0 Å². The highest BCUT2D eigenvalue weighted by atomic mass is 35.5. The zero-order valence-corrected chi connectivity index (χ0v) is 11.4. The molecular formula is C12H15Cl2N2O2+. The summed E-state index contributed by atoms with van der Waals surface area (Å²) in [7, 11) is 0. The molecule has 1 amide bonds. The second kappa shape index (κ2) is 6.38. The summed E-state index contributed by atoms with van der Waals surface area (Å²) in [5.74, 6) is -0.0592. The van der Waals surface area contributed by atoms with Crippen LogP contribution in [0.2, 0.25) is 10.0 Å². The normalized spacial score (nSPS) is 16.6. The van der Waals surface area contributed by atoms with Crippen molar-refractivity contribution in [2.24, 2.45) is 0 Å². The second-order valence-corrected chi connectivity index (χ2v) is 5.06. The Morgan fingerprint density at radius 2 is 2.06 bits per heavy atom. The van der Waals surface area contributed by atoms with Gasteiger partial charge < -0.3 is 15.0 Å². The maximum atomic E-state index is 11.9. The Morgan fingerprint density at radius 1 is 1.33 bits per heavy atom. The first-order chi connectivity index (χ1) is 8.65. The van der Waals surface area contributed by atoms with Gasteiger partial charge in [0.05, 0.1) is 23.9 Å². The van der Waals surface area contributed by atoms with Gasteiger partial charge in [-0.25, -0.2) is 0 Å². The van der Waals surface area contributed by atoms with Crippen LogP contribution in [0.3, 0.4) is 0 Å². The van der Waals surface area contributed by atoms with Gasteiger partial charge in [0.25, 0.3) is 5.91 Å². The number of hydrogen-bond donors (Lipinski definition) is 2. The molecule has 1 aliphatic heterocycles. The van der Waals surface area contributed by atoms with Crippen molar-refractivity contribution < 1.29 is 14.4 Å². The molecule has 2 rings (SSSR count). The molecule has 0 saturated carbocycles. The fraction of sp³-hybridized carbons (Fsp3) is 0.417. The predicted octanol–water partition coefficient (Wildman–Crippen LogP) is 0.847. The van der Waals surface area contributed by atoms with Crippen LogP contribution in [0.15, 0.2) is 18.2 Å². The molecule has 1 aromatic rings. The van der Waals surface area contributed by atoms with E-state index in [9.17, 15) is 4.79 Å². The number of benzene rings is 1. The molecule has 0 atom stereocenters. The molecule has 0 bridgehead atoms. The number of carbonyl (C=O) groups excluding carboxylic acids is 1. The third-order valence-corrected chi connectivity index (χ3v) is 3.38. The van der Waals surface area contributed by atoms with E-state index in [1.54, 1.807) is 18.2 Å². The van der Waals surface area contributed by atoms with Crippen LogP contribution in [-0.2, 0) is 9.53 Å². The summed E-state index contributed by atoms with van der Waals surface area (Å²) in [4.78, 5) is 13.1. The molecular weight excluding hydrogens is 275 g/mol. The summed E-state index contributed by atoms with van der Waals surface area (Å²) >= 11 is 11.8. The van der Waals surface area contributed by atoms with Gasteiger partial charge in [-0.2, -0.15) is 0 Å². The fourth-order valence-electron chi connectivity index (χ4n) is 1.85. The van der Waals surface area contributed by atoms with Gasteiger partial charge in [-0.05, 0) is 18.2 Å². The van der Waals surface area contributed by atoms with E-state index < -0.39 is 0 Å². The Kier molecular flexibility index (Phi) is 4.83. The summed E-state index contributed by atoms with van der Waals surface area (Å²) in [5, 5.41) is 3.82. The highest BCUT2D eigenvalue weighted by molar-refractivity contribution is 6.35. The summed E-state index contributed by atoms with van der Waals surface area (Å²) in [6, 6.07) is 5.00. The van der Waals surface area contributed by atoms with Crippen LogP contribution >= 0.6 is 23.2 Å². The Balaban J connectivity index is 1.92. The van der Waals surface area contributed by atoms with Crippen LogP contribution in [0.25, 0.3) is 0 Å². The Morgan fingerprint density at radius 3 is 2.78 bits per heavy atom. The van der Waals surface area contributed by atoms with Crippen molar-refractivity contribution in [2.45, 2.75) is 0 Å².